The SMILES string of the molecule is CS(=O)(=O)c1ccccc1-c1cccc(C(N)=O)c1NCc1ccncc1. The van der Waals surface area contributed by atoms with E-state index in [0.717, 1.165) is 11.8 Å². The van der Waals surface area contributed by atoms with Gasteiger partial charge in [0.25, 0.3) is 5.91 Å². The zero-order valence-electron chi connectivity index (χ0n) is 14.7. The van der Waals surface area contributed by atoms with E-state index < -0.39 is 15.7 Å². The standard InChI is InChI=1S/C20H19N3O3S/c1-27(25,26)18-8-3-2-5-15(18)16-6-4-7-17(20(21)24)19(16)23-13-14-9-11-22-12-10-14/h2-12,23H,13H2,1H3,(H2,21,24). The number of amides is 1. The summed E-state index contributed by atoms with van der Waals surface area (Å²) in [5.74, 6) is -0.592. The van der Waals surface area contributed by atoms with Gasteiger partial charge in [0.05, 0.1) is 16.1 Å². The van der Waals surface area contributed by atoms with Crippen LogP contribution in [0.3, 0.4) is 0 Å². The molecule has 0 fully saturated rings. The highest BCUT2D eigenvalue weighted by atomic mass is 32.2. The lowest BCUT2D eigenvalue weighted by atomic mass is 9.99. The van der Waals surface area contributed by atoms with E-state index >= 15 is 0 Å². The Morgan fingerprint density at radius 1 is 1.00 bits per heavy atom. The van der Waals surface area contributed by atoms with Crippen molar-refractivity contribution in [3.8, 4) is 11.1 Å². The number of nitrogens with zero attached hydrogens (tertiary/aromatic N) is 1. The number of hydrogen-bond acceptors (Lipinski definition) is 5. The van der Waals surface area contributed by atoms with Crippen molar-refractivity contribution >= 4 is 21.4 Å². The number of carbonyl (C=O) groups excluding carboxylic acids is 1. The zero-order valence-corrected chi connectivity index (χ0v) is 15.5. The minimum atomic E-state index is -3.45. The van der Waals surface area contributed by atoms with Gasteiger partial charge in [-0.25, -0.2) is 8.42 Å². The van der Waals surface area contributed by atoms with Crippen LogP contribution in [0.25, 0.3) is 11.1 Å². The summed E-state index contributed by atoms with van der Waals surface area (Å²) in [5, 5.41) is 3.23. The lowest BCUT2D eigenvalue weighted by molar-refractivity contribution is 0.100. The first-order valence-electron chi connectivity index (χ1n) is 8.23. The topological polar surface area (TPSA) is 102 Å². The van der Waals surface area contributed by atoms with E-state index in [0.29, 0.717) is 28.9 Å². The van der Waals surface area contributed by atoms with E-state index in [-0.39, 0.29) is 4.90 Å². The molecular formula is C20H19N3O3S. The highest BCUT2D eigenvalue weighted by Gasteiger charge is 2.19. The molecule has 0 saturated carbocycles. The number of rotatable bonds is 6. The molecule has 2 aromatic carbocycles. The van der Waals surface area contributed by atoms with Crippen molar-refractivity contribution in [1.29, 1.82) is 0 Å². The van der Waals surface area contributed by atoms with Crippen LogP contribution in [0.5, 0.6) is 0 Å². The lowest BCUT2D eigenvalue weighted by Crippen LogP contribution is -2.15. The van der Waals surface area contributed by atoms with Crippen molar-refractivity contribution < 1.29 is 13.2 Å². The van der Waals surface area contributed by atoms with E-state index in [4.69, 9.17) is 5.73 Å². The predicted octanol–water partition coefficient (Wildman–Crippen LogP) is 2.86. The smallest absolute Gasteiger partial charge is 0.250 e. The van der Waals surface area contributed by atoms with Crippen LogP contribution in [0, 0.1) is 0 Å². The second-order valence-corrected chi connectivity index (χ2v) is 8.05. The third-order valence-electron chi connectivity index (χ3n) is 4.13. The monoisotopic (exact) mass is 381 g/mol. The highest BCUT2D eigenvalue weighted by molar-refractivity contribution is 7.90. The number of hydrogen-bond donors (Lipinski definition) is 2. The maximum Gasteiger partial charge on any atom is 0.250 e. The molecule has 0 atom stereocenters. The predicted molar refractivity (Wildman–Crippen MR) is 105 cm³/mol. The summed E-state index contributed by atoms with van der Waals surface area (Å²) in [6, 6.07) is 15.5. The summed E-state index contributed by atoms with van der Waals surface area (Å²) in [6.45, 7) is 0.431. The first-order valence-corrected chi connectivity index (χ1v) is 10.1. The Morgan fingerprint density at radius 2 is 1.67 bits per heavy atom. The van der Waals surface area contributed by atoms with E-state index in [1.54, 1.807) is 54.9 Å². The molecule has 3 N–H and O–H groups in total. The van der Waals surface area contributed by atoms with Crippen molar-refractivity contribution in [3.63, 3.8) is 0 Å². The maximum absolute atomic E-state index is 12.2. The molecule has 0 aliphatic carbocycles. The molecule has 0 bridgehead atoms. The number of aromatic nitrogens is 1. The van der Waals surface area contributed by atoms with E-state index in [9.17, 15) is 13.2 Å². The van der Waals surface area contributed by atoms with Crippen LogP contribution < -0.4 is 11.1 Å². The first-order chi connectivity index (χ1) is 12.9. The van der Waals surface area contributed by atoms with E-state index in [1.165, 1.54) is 0 Å². The average molecular weight is 381 g/mol. The van der Waals surface area contributed by atoms with Gasteiger partial charge in [-0.05, 0) is 29.8 Å². The molecule has 1 aromatic heterocycles. The normalized spacial score (nSPS) is 11.1. The van der Waals surface area contributed by atoms with Crippen LogP contribution in [-0.4, -0.2) is 25.6 Å². The van der Waals surface area contributed by atoms with Crippen molar-refractivity contribution in [2.45, 2.75) is 11.4 Å². The largest absolute Gasteiger partial charge is 0.380 e. The summed E-state index contributed by atoms with van der Waals surface area (Å²) >= 11 is 0. The molecule has 0 aliphatic heterocycles. The number of anilines is 1. The van der Waals surface area contributed by atoms with Crippen molar-refractivity contribution in [3.05, 3.63) is 78.1 Å². The molecule has 3 aromatic rings. The first kappa shape index (κ1) is 18.6. The van der Waals surface area contributed by atoms with Crippen LogP contribution in [0.1, 0.15) is 15.9 Å². The third kappa shape index (κ3) is 4.15. The van der Waals surface area contributed by atoms with Crippen LogP contribution in [0.2, 0.25) is 0 Å². The summed E-state index contributed by atoms with van der Waals surface area (Å²) < 4.78 is 24.4. The van der Waals surface area contributed by atoms with Gasteiger partial charge in [0, 0.05) is 36.3 Å². The lowest BCUT2D eigenvalue weighted by Gasteiger charge is -2.17. The molecule has 0 spiro atoms. The van der Waals surface area contributed by atoms with Crippen LogP contribution in [0.15, 0.2) is 71.9 Å². The molecule has 0 radical (unpaired) electrons. The molecule has 6 nitrogen and oxygen atoms in total. The van der Waals surface area contributed by atoms with Gasteiger partial charge < -0.3 is 11.1 Å². The minimum Gasteiger partial charge on any atom is -0.380 e. The Bertz CT molecular complexity index is 1080. The number of primary amides is 1. The fourth-order valence-electron chi connectivity index (χ4n) is 2.88. The quantitative estimate of drug-likeness (QED) is 0.683. The molecule has 0 unspecified atom stereocenters. The van der Waals surface area contributed by atoms with Crippen molar-refractivity contribution in [2.75, 3.05) is 11.6 Å². The van der Waals surface area contributed by atoms with Gasteiger partial charge in [0.2, 0.25) is 0 Å². The zero-order chi connectivity index (χ0) is 19.4. The molecule has 0 aliphatic rings. The molecule has 0 saturated heterocycles. The summed E-state index contributed by atoms with van der Waals surface area (Å²) in [4.78, 5) is 16.1. The number of para-hydroxylation sites is 1. The van der Waals surface area contributed by atoms with Gasteiger partial charge in [0.1, 0.15) is 0 Å². The molecular weight excluding hydrogens is 362 g/mol. The van der Waals surface area contributed by atoms with Gasteiger partial charge >= 0.3 is 0 Å². The maximum atomic E-state index is 12.2. The second kappa shape index (κ2) is 7.59. The average Bonchev–Trinajstić information content (AvgIpc) is 2.66. The molecule has 3 rings (SSSR count). The van der Waals surface area contributed by atoms with Gasteiger partial charge in [-0.2, -0.15) is 0 Å². The number of benzene rings is 2. The van der Waals surface area contributed by atoms with Gasteiger partial charge in [0.15, 0.2) is 9.84 Å². The Labute approximate surface area is 158 Å². The minimum absolute atomic E-state index is 0.193. The Kier molecular flexibility index (Phi) is 5.23. The summed E-state index contributed by atoms with van der Waals surface area (Å²) in [5.41, 5.74) is 8.42. The van der Waals surface area contributed by atoms with Crippen molar-refractivity contribution in [1.82, 2.24) is 4.98 Å². The third-order valence-corrected chi connectivity index (χ3v) is 5.28. The van der Waals surface area contributed by atoms with Crippen LogP contribution in [0.4, 0.5) is 5.69 Å². The molecule has 27 heavy (non-hydrogen) atoms. The van der Waals surface area contributed by atoms with Gasteiger partial charge in [-0.3, -0.25) is 9.78 Å². The Hall–Kier alpha value is -3.19. The van der Waals surface area contributed by atoms with E-state index in [1.807, 2.05) is 12.1 Å². The Morgan fingerprint density at radius 3 is 2.33 bits per heavy atom. The molecule has 138 valence electrons. The molecule has 1 amide bonds. The fraction of sp³-hybridized carbons (Fsp3) is 0.100. The van der Waals surface area contributed by atoms with E-state index in [2.05, 4.69) is 10.3 Å². The van der Waals surface area contributed by atoms with Gasteiger partial charge in [-0.1, -0.05) is 30.3 Å². The second-order valence-electron chi connectivity index (χ2n) is 6.07. The molecule has 7 heteroatoms. The van der Waals surface area contributed by atoms with Crippen LogP contribution in [-0.2, 0) is 16.4 Å². The summed E-state index contributed by atoms with van der Waals surface area (Å²) in [6.07, 6.45) is 4.52. The Balaban J connectivity index is 2.14. The molecule has 1 heterocycles. The number of sulfone groups is 1. The number of carbonyl (C=O) groups is 1. The number of nitrogens with two attached hydrogens (primary N) is 1. The fourth-order valence-corrected chi connectivity index (χ4v) is 3.78. The van der Waals surface area contributed by atoms with Gasteiger partial charge in [-0.15, -0.1) is 0 Å². The van der Waals surface area contributed by atoms with Crippen molar-refractivity contribution in [2.24, 2.45) is 5.73 Å². The van der Waals surface area contributed by atoms with Crippen LogP contribution >= 0.6 is 0 Å². The summed E-state index contributed by atoms with van der Waals surface area (Å²) in [7, 11) is -3.45. The highest BCUT2D eigenvalue weighted by Crippen LogP contribution is 2.35. The number of pyridine rings is 1. The number of nitrogens with one attached hydrogen (secondary N) is 1.